The van der Waals surface area contributed by atoms with Gasteiger partial charge < -0.3 is 45.9 Å². The number of nitrogens with two attached hydrogens (primary N) is 8. The molecule has 10 aromatic rings. The summed E-state index contributed by atoms with van der Waals surface area (Å²) in [7, 11) is 0. The lowest BCUT2D eigenvalue weighted by Gasteiger charge is -2.17. The van der Waals surface area contributed by atoms with Crippen molar-refractivity contribution in [2.75, 3.05) is 0 Å². The molecule has 81 heavy (non-hydrogen) atoms. The third-order valence-electron chi connectivity index (χ3n) is 15.7. The van der Waals surface area contributed by atoms with E-state index in [1.54, 1.807) is 0 Å². The van der Waals surface area contributed by atoms with E-state index in [-0.39, 0.29) is 59.0 Å². The molecule has 0 saturated heterocycles. The minimum atomic E-state index is 0.117. The Labute approximate surface area is 471 Å². The number of nitrogens with zero attached hydrogens (tertiary/aromatic N) is 8. The first-order valence-electron chi connectivity index (χ1n) is 28.6. The predicted octanol–water partition coefficient (Wildman–Crippen LogP) is 9.43. The number of benzene rings is 8. The molecular formula is C65H74N16. The molecule has 16 N–H and O–H groups in total. The van der Waals surface area contributed by atoms with Crippen molar-refractivity contribution in [2.45, 2.75) is 114 Å². The van der Waals surface area contributed by atoms with E-state index in [0.717, 1.165) is 131 Å². The van der Waals surface area contributed by atoms with Gasteiger partial charge in [-0.15, -0.1) is 0 Å². The summed E-state index contributed by atoms with van der Waals surface area (Å²) in [4.78, 5) is 34.0. The van der Waals surface area contributed by atoms with E-state index in [0.29, 0.717) is 46.0 Å². The molecule has 4 aliphatic rings. The first kappa shape index (κ1) is 56.1. The lowest BCUT2D eigenvalue weighted by molar-refractivity contribution is 0.583. The van der Waals surface area contributed by atoms with Gasteiger partial charge in [-0.1, -0.05) is 152 Å². The van der Waals surface area contributed by atoms with Gasteiger partial charge in [0, 0.05) is 96.2 Å². The van der Waals surface area contributed by atoms with E-state index in [1.807, 2.05) is 104 Å². The minimum Gasteiger partial charge on any atom is -0.326 e. The Bertz CT molecular complexity index is 4180. The number of rotatable bonds is 8. The van der Waals surface area contributed by atoms with Crippen LogP contribution in [0.1, 0.15) is 122 Å². The van der Waals surface area contributed by atoms with Gasteiger partial charge >= 0.3 is 0 Å². The Balaban J connectivity index is 0.000000884. The third kappa shape index (κ3) is 8.11. The van der Waals surface area contributed by atoms with Gasteiger partial charge in [-0.2, -0.15) is 0 Å². The quantitative estimate of drug-likeness (QED) is 0.0723. The molecule has 0 unspecified atom stereocenters. The van der Waals surface area contributed by atoms with Crippen LogP contribution in [0.4, 0.5) is 11.6 Å². The van der Waals surface area contributed by atoms with Crippen molar-refractivity contribution < 1.29 is 0 Å². The number of hydrogen-bond acceptors (Lipinski definition) is 14. The molecule has 2 aromatic heterocycles. The second-order valence-corrected chi connectivity index (χ2v) is 18.9. The van der Waals surface area contributed by atoms with Gasteiger partial charge in [0.15, 0.2) is 23.3 Å². The first-order valence-corrected chi connectivity index (χ1v) is 28.6. The Morgan fingerprint density at radius 1 is 0.284 bits per heavy atom. The molecule has 0 aliphatic carbocycles. The van der Waals surface area contributed by atoms with Crippen LogP contribution in [0.15, 0.2) is 127 Å². The van der Waals surface area contributed by atoms with Crippen molar-refractivity contribution in [3.05, 3.63) is 175 Å². The Hall–Kier alpha value is -8.16. The van der Waals surface area contributed by atoms with E-state index in [4.69, 9.17) is 75.8 Å². The van der Waals surface area contributed by atoms with Crippen LogP contribution in [0, 0.1) is 0 Å². The summed E-state index contributed by atoms with van der Waals surface area (Å²) in [5.74, 6) is 2.87. The highest BCUT2D eigenvalue weighted by molar-refractivity contribution is 6.30. The van der Waals surface area contributed by atoms with Gasteiger partial charge in [-0.3, -0.25) is 9.13 Å². The molecule has 4 aliphatic heterocycles. The average molecular weight is 1080 g/mol. The highest BCUT2D eigenvalue weighted by Crippen LogP contribution is 2.48. The zero-order valence-corrected chi connectivity index (χ0v) is 47.8. The normalized spacial score (nSPS) is 13.3. The summed E-state index contributed by atoms with van der Waals surface area (Å²) >= 11 is 0. The molecular weight excluding hydrogens is 1000 g/mol. The summed E-state index contributed by atoms with van der Waals surface area (Å²) in [5.41, 5.74) is 66.4. The van der Waals surface area contributed by atoms with E-state index in [2.05, 4.69) is 57.7 Å². The smallest absolute Gasteiger partial charge is 0.165 e. The second kappa shape index (κ2) is 23.1. The van der Waals surface area contributed by atoms with E-state index in [9.17, 15) is 0 Å². The van der Waals surface area contributed by atoms with E-state index < -0.39 is 0 Å². The Morgan fingerprint density at radius 2 is 0.506 bits per heavy atom. The number of hydrogen-bond donors (Lipinski definition) is 8. The van der Waals surface area contributed by atoms with Crippen molar-refractivity contribution in [1.82, 2.24) is 9.13 Å². The largest absolute Gasteiger partial charge is 0.326 e. The Morgan fingerprint density at radius 3 is 0.753 bits per heavy atom. The highest BCUT2D eigenvalue weighted by atomic mass is 15.3. The maximum Gasteiger partial charge on any atom is 0.165 e. The van der Waals surface area contributed by atoms with Crippen LogP contribution in [-0.2, 0) is 59.0 Å². The Kier molecular flexibility index (Phi) is 16.0. The molecule has 16 heteroatoms. The summed E-state index contributed by atoms with van der Waals surface area (Å²) in [6, 6.07) is 32.9. The molecule has 0 radical (unpaired) electrons. The van der Waals surface area contributed by atoms with Crippen LogP contribution in [0.3, 0.4) is 0 Å². The van der Waals surface area contributed by atoms with Gasteiger partial charge in [0.25, 0.3) is 0 Å². The van der Waals surface area contributed by atoms with Crippen LogP contribution in [-0.4, -0.2) is 32.5 Å². The summed E-state index contributed by atoms with van der Waals surface area (Å²) < 4.78 is 4.25. The SMILES string of the molecule is CC.CC.CC.CC.NCc1c2c(c(CN)c3ccccc13)C1=Nc3c4c(CN)c5ccccc5c(CN)c4c4n3Cn3c(c5c(CN)c6ccccc6c(CN)c5c3=NC3=NC(=N4)c4c3c(CN)c3ccccc3c4CN)=NC2=N1. The molecule has 0 amide bonds. The monoisotopic (exact) mass is 1080 g/mol. The van der Waals surface area contributed by atoms with Gasteiger partial charge in [0.2, 0.25) is 0 Å². The zero-order valence-electron chi connectivity index (χ0n) is 47.8. The molecule has 414 valence electrons. The van der Waals surface area contributed by atoms with Crippen molar-refractivity contribution in [3.63, 3.8) is 0 Å². The summed E-state index contributed by atoms with van der Waals surface area (Å²) in [6.45, 7) is 17.6. The van der Waals surface area contributed by atoms with E-state index >= 15 is 0 Å². The maximum atomic E-state index is 6.97. The lowest BCUT2D eigenvalue weighted by Crippen LogP contribution is -2.32. The highest BCUT2D eigenvalue weighted by Gasteiger charge is 2.37. The van der Waals surface area contributed by atoms with Crippen LogP contribution in [0.25, 0.3) is 64.6 Å². The predicted molar refractivity (Wildman–Crippen MR) is 338 cm³/mol. The zero-order chi connectivity index (χ0) is 57.6. The lowest BCUT2D eigenvalue weighted by atomic mass is 9.89. The van der Waals surface area contributed by atoms with Gasteiger partial charge in [0.1, 0.15) is 29.3 Å². The summed E-state index contributed by atoms with van der Waals surface area (Å²) in [5, 5.41) is 10.9. The van der Waals surface area contributed by atoms with Crippen molar-refractivity contribution >= 4 is 99.6 Å². The average Bonchev–Trinajstić information content (AvgIpc) is 4.03. The minimum absolute atomic E-state index is 0.117. The number of aliphatic imine (C=N–C) groups is 4. The molecule has 0 atom stereocenters. The van der Waals surface area contributed by atoms with Crippen molar-refractivity contribution in [1.29, 1.82) is 0 Å². The number of fused-ring (bicyclic) bond motifs is 18. The van der Waals surface area contributed by atoms with Crippen molar-refractivity contribution in [3.8, 4) is 0 Å². The third-order valence-corrected chi connectivity index (χ3v) is 15.7. The van der Waals surface area contributed by atoms with E-state index in [1.165, 1.54) is 0 Å². The topological polar surface area (TPSA) is 292 Å². The molecule has 8 aromatic carbocycles. The molecule has 6 heterocycles. The summed E-state index contributed by atoms with van der Waals surface area (Å²) in [6.07, 6.45) is 0. The van der Waals surface area contributed by atoms with Crippen LogP contribution < -0.4 is 56.8 Å². The molecule has 0 fully saturated rings. The van der Waals surface area contributed by atoms with Crippen LogP contribution in [0.5, 0.6) is 0 Å². The van der Waals surface area contributed by atoms with Crippen LogP contribution >= 0.6 is 0 Å². The standard InChI is InChI=1S/C57H50N16.4C2H6/c58-17-34-26-9-1-2-10-27(26)35(18-59)43-42(34)50-66-51(43)69-55-48-40(23-64)32-15-7-8-16-33(32)41(24-65)49(48)57-71-53-45-37(20-61)29-12-4-3-11-28(29)36(19-60)44(45)52(67-53)70-56-47-39(22-63)31-14-6-5-13-30(31)38(21-62)46(47)54(68-50)72(56)25-73(55)57;4*1-2/h1-16H,17-25,58-65H2;4*1-2H3. The van der Waals surface area contributed by atoms with Gasteiger partial charge in [-0.05, 0) is 87.6 Å². The molecule has 16 nitrogen and oxygen atoms in total. The fourth-order valence-corrected chi connectivity index (χ4v) is 12.8. The number of aromatic nitrogens is 2. The molecule has 14 rings (SSSR count). The fourth-order valence-electron chi connectivity index (χ4n) is 12.8. The van der Waals surface area contributed by atoms with Crippen molar-refractivity contribution in [2.24, 2.45) is 75.8 Å². The maximum absolute atomic E-state index is 6.97. The molecule has 0 saturated carbocycles. The first-order chi connectivity index (χ1) is 39.9. The second-order valence-electron chi connectivity index (χ2n) is 18.9. The van der Waals surface area contributed by atoms with Gasteiger partial charge in [0.05, 0.1) is 0 Å². The van der Waals surface area contributed by atoms with Crippen LogP contribution in [0.2, 0.25) is 0 Å². The molecule has 0 spiro atoms. The van der Waals surface area contributed by atoms with Gasteiger partial charge in [-0.25, -0.2) is 30.0 Å². The molecule has 6 bridgehead atoms. The number of amidine groups is 4. The fraction of sp³-hybridized carbons (Fsp3) is 0.262.